The Morgan fingerprint density at radius 2 is 2.25 bits per heavy atom. The molecule has 0 bridgehead atoms. The quantitative estimate of drug-likeness (QED) is 0.617. The number of hydrogen-bond acceptors (Lipinski definition) is 4. The first-order chi connectivity index (χ1) is 7.36. The summed E-state index contributed by atoms with van der Waals surface area (Å²) >= 11 is 0. The van der Waals surface area contributed by atoms with Crippen LogP contribution in [0.3, 0.4) is 0 Å². The fraction of sp³-hybridized carbons (Fsp3) is 0.909. The Morgan fingerprint density at radius 3 is 2.69 bits per heavy atom. The summed E-state index contributed by atoms with van der Waals surface area (Å²) in [6.07, 6.45) is 0.194. The van der Waals surface area contributed by atoms with Crippen molar-refractivity contribution in [2.75, 3.05) is 13.7 Å². The maximum atomic E-state index is 11.9. The maximum Gasteiger partial charge on any atom is 0.237 e. The summed E-state index contributed by atoms with van der Waals surface area (Å²) in [7, 11) is 1.65. The number of methoxy groups -OCH3 is 1. The number of aliphatic hydroxyl groups excluding tert-OH is 1. The van der Waals surface area contributed by atoms with E-state index in [9.17, 15) is 9.90 Å². The zero-order chi connectivity index (χ0) is 12.3. The number of ether oxygens (including phenoxy) is 1. The molecule has 16 heavy (non-hydrogen) atoms. The second-order valence-corrected chi connectivity index (χ2v) is 4.94. The SMILES string of the molecule is COC1CNC(C(=O)NC(C)(C)C(C)O)C1. The summed E-state index contributed by atoms with van der Waals surface area (Å²) in [5.74, 6) is -0.0783. The fourth-order valence-electron chi connectivity index (χ4n) is 1.59. The highest BCUT2D eigenvalue weighted by Crippen LogP contribution is 2.13. The normalized spacial score (nSPS) is 27.8. The van der Waals surface area contributed by atoms with Crippen LogP contribution in [0.4, 0.5) is 0 Å². The van der Waals surface area contributed by atoms with Gasteiger partial charge >= 0.3 is 0 Å². The lowest BCUT2D eigenvalue weighted by Gasteiger charge is -2.30. The highest BCUT2D eigenvalue weighted by atomic mass is 16.5. The van der Waals surface area contributed by atoms with Gasteiger partial charge in [0.2, 0.25) is 5.91 Å². The van der Waals surface area contributed by atoms with Crippen LogP contribution < -0.4 is 10.6 Å². The van der Waals surface area contributed by atoms with Gasteiger partial charge in [-0.25, -0.2) is 0 Å². The number of hydrogen-bond donors (Lipinski definition) is 3. The minimum absolute atomic E-state index is 0.0783. The van der Waals surface area contributed by atoms with E-state index in [1.54, 1.807) is 27.9 Å². The van der Waals surface area contributed by atoms with Crippen LogP contribution in [0.15, 0.2) is 0 Å². The highest BCUT2D eigenvalue weighted by molar-refractivity contribution is 5.82. The first-order valence-corrected chi connectivity index (χ1v) is 5.63. The van der Waals surface area contributed by atoms with E-state index in [4.69, 9.17) is 4.74 Å². The van der Waals surface area contributed by atoms with Gasteiger partial charge in [-0.3, -0.25) is 4.79 Å². The average Bonchev–Trinajstić information content (AvgIpc) is 2.64. The van der Waals surface area contributed by atoms with Gasteiger partial charge in [-0.1, -0.05) is 0 Å². The Kier molecular flexibility index (Phi) is 4.29. The molecule has 1 amide bonds. The molecule has 5 heteroatoms. The van der Waals surface area contributed by atoms with Crippen LogP contribution in [0.5, 0.6) is 0 Å². The van der Waals surface area contributed by atoms with E-state index in [0.717, 1.165) is 0 Å². The van der Waals surface area contributed by atoms with Crippen molar-refractivity contribution in [1.29, 1.82) is 0 Å². The Balaban J connectivity index is 2.48. The maximum absolute atomic E-state index is 11.9. The van der Waals surface area contributed by atoms with Crippen molar-refractivity contribution in [3.63, 3.8) is 0 Å². The van der Waals surface area contributed by atoms with Crippen LogP contribution >= 0.6 is 0 Å². The molecule has 0 aromatic carbocycles. The zero-order valence-corrected chi connectivity index (χ0v) is 10.4. The summed E-state index contributed by atoms with van der Waals surface area (Å²) in [5.41, 5.74) is -0.607. The zero-order valence-electron chi connectivity index (χ0n) is 10.4. The molecule has 1 heterocycles. The molecule has 3 N–H and O–H groups in total. The Bertz CT molecular complexity index is 254. The van der Waals surface area contributed by atoms with Gasteiger partial charge in [-0.05, 0) is 27.2 Å². The number of carbonyl (C=O) groups is 1. The molecule has 0 radical (unpaired) electrons. The number of rotatable bonds is 4. The molecule has 1 fully saturated rings. The van der Waals surface area contributed by atoms with Crippen LogP contribution in [-0.2, 0) is 9.53 Å². The lowest BCUT2D eigenvalue weighted by atomic mass is 9.98. The molecule has 5 nitrogen and oxygen atoms in total. The van der Waals surface area contributed by atoms with Gasteiger partial charge in [0, 0.05) is 13.7 Å². The van der Waals surface area contributed by atoms with E-state index < -0.39 is 11.6 Å². The van der Waals surface area contributed by atoms with Crippen molar-refractivity contribution in [3.05, 3.63) is 0 Å². The van der Waals surface area contributed by atoms with Crippen molar-refractivity contribution in [3.8, 4) is 0 Å². The van der Waals surface area contributed by atoms with E-state index >= 15 is 0 Å². The fourth-order valence-corrected chi connectivity index (χ4v) is 1.59. The third-order valence-electron chi connectivity index (χ3n) is 3.23. The number of amides is 1. The molecule has 1 aliphatic rings. The summed E-state index contributed by atoms with van der Waals surface area (Å²) in [4.78, 5) is 11.9. The molecule has 94 valence electrons. The molecule has 0 spiro atoms. The largest absolute Gasteiger partial charge is 0.391 e. The van der Waals surface area contributed by atoms with Crippen LogP contribution in [0.1, 0.15) is 27.2 Å². The van der Waals surface area contributed by atoms with E-state index in [0.29, 0.717) is 13.0 Å². The predicted molar refractivity (Wildman–Crippen MR) is 61.1 cm³/mol. The van der Waals surface area contributed by atoms with Crippen LogP contribution in [0.25, 0.3) is 0 Å². The van der Waals surface area contributed by atoms with Crippen molar-refractivity contribution >= 4 is 5.91 Å². The Labute approximate surface area is 96.6 Å². The molecule has 1 rings (SSSR count). The molecule has 0 saturated carbocycles. The second kappa shape index (κ2) is 5.12. The second-order valence-electron chi connectivity index (χ2n) is 4.94. The van der Waals surface area contributed by atoms with Crippen LogP contribution in [-0.4, -0.2) is 48.5 Å². The van der Waals surface area contributed by atoms with Gasteiger partial charge in [0.05, 0.1) is 23.8 Å². The van der Waals surface area contributed by atoms with Crippen LogP contribution in [0, 0.1) is 0 Å². The van der Waals surface area contributed by atoms with E-state index in [1.165, 1.54) is 0 Å². The van der Waals surface area contributed by atoms with Gasteiger partial charge in [0.1, 0.15) is 0 Å². The monoisotopic (exact) mass is 230 g/mol. The van der Waals surface area contributed by atoms with E-state index in [-0.39, 0.29) is 18.1 Å². The number of carbonyl (C=O) groups excluding carboxylic acids is 1. The van der Waals surface area contributed by atoms with Gasteiger partial charge < -0.3 is 20.5 Å². The first kappa shape index (κ1) is 13.4. The summed E-state index contributed by atoms with van der Waals surface area (Å²) in [6.45, 7) is 5.97. The van der Waals surface area contributed by atoms with Gasteiger partial charge in [0.15, 0.2) is 0 Å². The molecule has 0 aliphatic carbocycles. The van der Waals surface area contributed by atoms with Crippen molar-refractivity contribution in [1.82, 2.24) is 10.6 Å². The molecule has 1 saturated heterocycles. The van der Waals surface area contributed by atoms with Gasteiger partial charge in [-0.2, -0.15) is 0 Å². The smallest absolute Gasteiger partial charge is 0.237 e. The Morgan fingerprint density at radius 1 is 1.62 bits per heavy atom. The summed E-state index contributed by atoms with van der Waals surface area (Å²) in [6, 6.07) is -0.219. The third-order valence-corrected chi connectivity index (χ3v) is 3.23. The van der Waals surface area contributed by atoms with Gasteiger partial charge in [-0.15, -0.1) is 0 Å². The molecule has 1 aliphatic heterocycles. The van der Waals surface area contributed by atoms with Crippen LogP contribution in [0.2, 0.25) is 0 Å². The minimum Gasteiger partial charge on any atom is -0.391 e. The third kappa shape index (κ3) is 3.17. The Hall–Kier alpha value is -0.650. The summed E-state index contributed by atoms with van der Waals surface area (Å²) in [5, 5.41) is 15.4. The minimum atomic E-state index is -0.607. The number of nitrogens with one attached hydrogen (secondary N) is 2. The molecule has 3 unspecified atom stereocenters. The van der Waals surface area contributed by atoms with Crippen molar-refractivity contribution < 1.29 is 14.6 Å². The predicted octanol–water partition coefficient (Wildman–Crippen LogP) is -0.361. The van der Waals surface area contributed by atoms with Gasteiger partial charge in [0.25, 0.3) is 0 Å². The highest BCUT2D eigenvalue weighted by Gasteiger charge is 2.33. The first-order valence-electron chi connectivity index (χ1n) is 5.63. The molecule has 0 aromatic heterocycles. The lowest BCUT2D eigenvalue weighted by molar-refractivity contribution is -0.125. The van der Waals surface area contributed by atoms with Crippen molar-refractivity contribution in [2.24, 2.45) is 0 Å². The van der Waals surface area contributed by atoms with E-state index in [1.807, 2.05) is 0 Å². The average molecular weight is 230 g/mol. The lowest BCUT2D eigenvalue weighted by Crippen LogP contribution is -2.55. The molecule has 3 atom stereocenters. The number of aliphatic hydroxyl groups is 1. The molecular formula is C11H22N2O3. The van der Waals surface area contributed by atoms with Crippen molar-refractivity contribution in [2.45, 2.75) is 51.0 Å². The van der Waals surface area contributed by atoms with E-state index in [2.05, 4.69) is 10.6 Å². The summed E-state index contributed by atoms with van der Waals surface area (Å²) < 4.78 is 5.18. The molecular weight excluding hydrogens is 208 g/mol. The molecule has 0 aromatic rings. The standard InChI is InChI=1S/C11H22N2O3/c1-7(14)11(2,3)13-10(15)9-5-8(16-4)6-12-9/h7-9,12,14H,5-6H2,1-4H3,(H,13,15). The topological polar surface area (TPSA) is 70.6 Å².